The Morgan fingerprint density at radius 3 is 2.57 bits per heavy atom. The minimum absolute atomic E-state index is 0.0697. The first-order valence-corrected chi connectivity index (χ1v) is 15.2. The highest BCUT2D eigenvalue weighted by Crippen LogP contribution is 2.41. The molecule has 3 aliphatic rings. The molecule has 222 valence electrons. The van der Waals surface area contributed by atoms with Gasteiger partial charge in [-0.25, -0.2) is 9.59 Å². The zero-order valence-electron chi connectivity index (χ0n) is 24.0. The van der Waals surface area contributed by atoms with Gasteiger partial charge in [-0.15, -0.1) is 0 Å². The van der Waals surface area contributed by atoms with Gasteiger partial charge in [0.1, 0.15) is 5.54 Å². The average Bonchev–Trinajstić information content (AvgIpc) is 3.47. The Morgan fingerprint density at radius 2 is 1.79 bits per heavy atom. The molecule has 3 fully saturated rings. The van der Waals surface area contributed by atoms with Crippen LogP contribution in [0.4, 0.5) is 0 Å². The smallest absolute Gasteiger partial charge is 0.345 e. The van der Waals surface area contributed by atoms with Crippen molar-refractivity contribution in [1.82, 2.24) is 24.3 Å². The van der Waals surface area contributed by atoms with Crippen LogP contribution in [0.3, 0.4) is 0 Å². The number of aromatic amines is 1. The fourth-order valence-electron chi connectivity index (χ4n) is 7.34. The van der Waals surface area contributed by atoms with E-state index in [0.717, 1.165) is 68.3 Å². The maximum atomic E-state index is 14.2. The monoisotopic (exact) mass is 573 g/mol. The molecule has 1 saturated carbocycles. The second-order valence-electron chi connectivity index (χ2n) is 11.9. The number of imidazole rings is 1. The molecule has 6 rings (SSSR count). The van der Waals surface area contributed by atoms with E-state index in [2.05, 4.69) is 19.5 Å². The minimum Gasteiger partial charge on any atom is -0.392 e. The molecule has 1 amide bonds. The van der Waals surface area contributed by atoms with E-state index in [-0.39, 0.29) is 18.1 Å². The summed E-state index contributed by atoms with van der Waals surface area (Å²) >= 11 is 0. The van der Waals surface area contributed by atoms with Crippen LogP contribution in [-0.2, 0) is 27.4 Å². The van der Waals surface area contributed by atoms with Crippen LogP contribution in [0.2, 0.25) is 0 Å². The summed E-state index contributed by atoms with van der Waals surface area (Å²) in [6, 6.07) is 15.2. The highest BCUT2D eigenvalue weighted by Gasteiger charge is 2.55. The number of H-pyrrole nitrogens is 1. The molecule has 3 aromatic rings. The number of aromatic nitrogens is 2. The predicted octanol–water partition coefficient (Wildman–Crippen LogP) is 3.50. The van der Waals surface area contributed by atoms with Crippen LogP contribution in [0.15, 0.2) is 53.3 Å². The average molecular weight is 574 g/mol. The van der Waals surface area contributed by atoms with Crippen LogP contribution >= 0.6 is 0 Å². The largest absolute Gasteiger partial charge is 0.392 e. The molecule has 3 heterocycles. The van der Waals surface area contributed by atoms with Gasteiger partial charge in [-0.1, -0.05) is 43.5 Å². The van der Waals surface area contributed by atoms with Gasteiger partial charge in [0.25, 0.3) is 0 Å². The highest BCUT2D eigenvalue weighted by molar-refractivity contribution is 5.93. The first-order chi connectivity index (χ1) is 20.5. The van der Waals surface area contributed by atoms with E-state index in [4.69, 9.17) is 0 Å². The Hall–Kier alpha value is -3.76. The van der Waals surface area contributed by atoms with Crippen LogP contribution in [0.25, 0.3) is 11.0 Å². The van der Waals surface area contributed by atoms with Crippen molar-refractivity contribution in [2.45, 2.75) is 76.0 Å². The number of carbonyl (C=O) groups is 3. The molecular weight excluding hydrogens is 534 g/mol. The van der Waals surface area contributed by atoms with Gasteiger partial charge < -0.3 is 19.5 Å². The molecule has 1 aromatic heterocycles. The van der Waals surface area contributed by atoms with Crippen molar-refractivity contribution in [3.05, 3.63) is 70.1 Å². The fraction of sp³-hybridized carbons (Fsp3) is 0.500. The number of piperidine rings is 1. The lowest BCUT2D eigenvalue weighted by Crippen LogP contribution is -2.59. The van der Waals surface area contributed by atoms with Gasteiger partial charge >= 0.3 is 18.1 Å². The topological polar surface area (TPSA) is 108 Å². The van der Waals surface area contributed by atoms with Gasteiger partial charge in [-0.3, -0.25) is 19.1 Å². The van der Waals surface area contributed by atoms with Gasteiger partial charge in [0.05, 0.1) is 23.3 Å². The number of nitrogens with one attached hydrogen (secondary N) is 1. The normalized spacial score (nSPS) is 20.0. The number of aryl methyl sites for hydroxylation is 1. The van der Waals surface area contributed by atoms with Crippen molar-refractivity contribution >= 4 is 29.4 Å². The first kappa shape index (κ1) is 28.4. The van der Waals surface area contributed by atoms with Gasteiger partial charge in [0, 0.05) is 32.2 Å². The van der Waals surface area contributed by atoms with Crippen LogP contribution in [0.1, 0.15) is 67.3 Å². The number of nitrogens with zero attached hydrogens (tertiary/aromatic N) is 4. The lowest BCUT2D eigenvalue weighted by molar-refractivity contribution is -0.137. The Labute approximate surface area is 245 Å². The van der Waals surface area contributed by atoms with Crippen molar-refractivity contribution in [1.29, 1.82) is 0 Å². The van der Waals surface area contributed by atoms with Crippen LogP contribution in [0.5, 0.6) is 0 Å². The van der Waals surface area contributed by atoms with E-state index < -0.39 is 11.5 Å². The molecule has 0 bridgehead atoms. The summed E-state index contributed by atoms with van der Waals surface area (Å²) in [5, 5.41) is 0. The number of para-hydroxylation sites is 2. The first-order valence-electron chi connectivity index (χ1n) is 15.2. The zero-order chi connectivity index (χ0) is 29.1. The zero-order valence-corrected chi connectivity index (χ0v) is 24.0. The number of hydrogen-bond acceptors (Lipinski definition) is 7. The quantitative estimate of drug-likeness (QED) is 0.237. The molecule has 2 aliphatic heterocycles. The molecule has 1 N–H and O–H groups in total. The number of fused-ring (bicyclic) bond motifs is 1. The summed E-state index contributed by atoms with van der Waals surface area (Å²) in [6.45, 7) is 4.37. The van der Waals surface area contributed by atoms with Gasteiger partial charge in [-0.2, -0.15) is 0 Å². The number of esters is 1. The van der Waals surface area contributed by atoms with Crippen molar-refractivity contribution < 1.29 is 19.1 Å². The number of hydrogen-bond donors (Lipinski definition) is 1. The number of benzene rings is 2. The Balaban J connectivity index is 1.13. The lowest BCUT2D eigenvalue weighted by atomic mass is 9.82. The maximum Gasteiger partial charge on any atom is 0.345 e. The van der Waals surface area contributed by atoms with Crippen LogP contribution in [-0.4, -0.2) is 80.5 Å². The molecule has 0 atom stereocenters. The lowest BCUT2D eigenvalue weighted by Gasteiger charge is -2.46. The van der Waals surface area contributed by atoms with Crippen molar-refractivity contribution in [2.24, 2.45) is 0 Å². The van der Waals surface area contributed by atoms with E-state index in [1.165, 1.54) is 19.3 Å². The van der Waals surface area contributed by atoms with E-state index in [9.17, 15) is 19.2 Å². The molecular formula is C32H39N5O5. The van der Waals surface area contributed by atoms with Crippen molar-refractivity contribution in [2.75, 3.05) is 26.3 Å². The summed E-state index contributed by atoms with van der Waals surface area (Å²) < 4.78 is 6.33. The van der Waals surface area contributed by atoms with Gasteiger partial charge in [-0.05, 0) is 68.5 Å². The van der Waals surface area contributed by atoms with E-state index in [1.807, 2.05) is 39.8 Å². The third-order valence-electron chi connectivity index (χ3n) is 9.49. The van der Waals surface area contributed by atoms with Crippen LogP contribution < -0.4 is 5.69 Å². The Kier molecular flexibility index (Phi) is 8.26. The molecule has 10 heteroatoms. The second kappa shape index (κ2) is 12.2. The minimum atomic E-state index is -0.693. The van der Waals surface area contributed by atoms with Crippen molar-refractivity contribution in [3.63, 3.8) is 0 Å². The molecule has 1 spiro atoms. The second-order valence-corrected chi connectivity index (χ2v) is 11.9. The van der Waals surface area contributed by atoms with Gasteiger partial charge in [0.15, 0.2) is 0 Å². The van der Waals surface area contributed by atoms with E-state index in [0.29, 0.717) is 31.4 Å². The number of ether oxygens (including phenoxy) is 1. The summed E-state index contributed by atoms with van der Waals surface area (Å²) in [5.41, 5.74) is 2.37. The number of amides is 1. The molecule has 42 heavy (non-hydrogen) atoms. The molecule has 10 nitrogen and oxygen atoms in total. The summed E-state index contributed by atoms with van der Waals surface area (Å²) in [7, 11) is 0. The molecule has 1 aliphatic carbocycles. The van der Waals surface area contributed by atoms with E-state index in [1.54, 1.807) is 18.2 Å². The number of rotatable bonds is 9. The van der Waals surface area contributed by atoms with Crippen LogP contribution in [0, 0.1) is 0 Å². The van der Waals surface area contributed by atoms with E-state index >= 15 is 0 Å². The SMILES string of the molecule is O=COC(=O)c1cccc(CN2CN(C3CCCCC3)C3(CCN(CCCn4c(=O)[nH]c5ccccc54)CC3)C2=O)c1. The summed E-state index contributed by atoms with van der Waals surface area (Å²) in [5.74, 6) is -0.513. The highest BCUT2D eigenvalue weighted by atomic mass is 16.6. The maximum absolute atomic E-state index is 14.2. The third-order valence-corrected chi connectivity index (χ3v) is 9.49. The Morgan fingerprint density at radius 1 is 1.00 bits per heavy atom. The third kappa shape index (κ3) is 5.53. The predicted molar refractivity (Wildman–Crippen MR) is 158 cm³/mol. The molecule has 0 radical (unpaired) electrons. The van der Waals surface area contributed by atoms with Gasteiger partial charge in [0.2, 0.25) is 5.91 Å². The molecule has 2 saturated heterocycles. The number of likely N-dealkylation sites (tertiary alicyclic amines) is 1. The standard InChI is InChI=1S/C32H39N5O5/c38-23-42-29(39)25-9-6-8-24(20-25)21-35-22-37(26-10-2-1-3-11-26)32(30(35)40)14-18-34(19-15-32)16-7-17-36-28-13-5-4-12-27(28)33-31(36)41/h4-6,8-9,12-13,20,23,26H,1-3,7,10-11,14-19,21-22H2,(H,33,41). The Bertz CT molecular complexity index is 1500. The summed E-state index contributed by atoms with van der Waals surface area (Å²) in [6.07, 6.45) is 8.35. The molecule has 0 unspecified atom stereocenters. The fourth-order valence-corrected chi connectivity index (χ4v) is 7.34. The van der Waals surface area contributed by atoms with Crippen molar-refractivity contribution in [3.8, 4) is 0 Å². The summed E-state index contributed by atoms with van der Waals surface area (Å²) in [4.78, 5) is 59.2. The molecule has 2 aromatic carbocycles. The number of carbonyl (C=O) groups excluding carboxylic acids is 3.